The zero-order valence-corrected chi connectivity index (χ0v) is 11.6. The van der Waals surface area contributed by atoms with Crippen LogP contribution in [-0.4, -0.2) is 24.1 Å². The zero-order valence-electron chi connectivity index (χ0n) is 11.6. The van der Waals surface area contributed by atoms with Crippen molar-refractivity contribution in [3.8, 4) is 5.75 Å². The van der Waals surface area contributed by atoms with Crippen molar-refractivity contribution in [2.75, 3.05) is 12.4 Å². The van der Waals surface area contributed by atoms with E-state index in [1.165, 1.54) is 14.0 Å². The van der Waals surface area contributed by atoms with Gasteiger partial charge in [0, 0.05) is 18.2 Å². The van der Waals surface area contributed by atoms with Gasteiger partial charge in [0.25, 0.3) is 0 Å². The molecule has 0 heterocycles. The maximum Gasteiger partial charge on any atom is 0.311 e. The Morgan fingerprint density at radius 2 is 1.95 bits per heavy atom. The molecular weight excluding hydrogens is 246 g/mol. The van der Waals surface area contributed by atoms with Crippen LogP contribution in [0.2, 0.25) is 0 Å². The highest BCUT2D eigenvalue weighted by Crippen LogP contribution is 2.34. The smallest absolute Gasteiger partial charge is 0.311 e. The minimum absolute atomic E-state index is 0.0843. The van der Waals surface area contributed by atoms with Crippen molar-refractivity contribution < 1.29 is 19.4 Å². The number of methoxy groups -OCH3 is 1. The Balaban J connectivity index is 3.27. The van der Waals surface area contributed by atoms with Gasteiger partial charge in [0.15, 0.2) is 0 Å². The van der Waals surface area contributed by atoms with Gasteiger partial charge < -0.3 is 15.2 Å². The number of carboxylic acids is 1. The molecular formula is C14H19NO4. The molecule has 19 heavy (non-hydrogen) atoms. The van der Waals surface area contributed by atoms with E-state index in [1.54, 1.807) is 18.2 Å². The lowest BCUT2D eigenvalue weighted by Gasteiger charge is -2.20. The van der Waals surface area contributed by atoms with Gasteiger partial charge in [-0.3, -0.25) is 9.59 Å². The predicted molar refractivity (Wildman–Crippen MR) is 72.5 cm³/mol. The number of hydrogen-bond donors (Lipinski definition) is 2. The van der Waals surface area contributed by atoms with Gasteiger partial charge >= 0.3 is 5.97 Å². The minimum Gasteiger partial charge on any atom is -0.496 e. The summed E-state index contributed by atoms with van der Waals surface area (Å²) in [6.07, 6.45) is 0. The van der Waals surface area contributed by atoms with Gasteiger partial charge in [0.2, 0.25) is 5.91 Å². The lowest BCUT2D eigenvalue weighted by atomic mass is 9.87. The molecule has 0 saturated carbocycles. The number of nitrogens with one attached hydrogen (secondary N) is 1. The van der Waals surface area contributed by atoms with Crippen LogP contribution in [-0.2, 0) is 9.59 Å². The van der Waals surface area contributed by atoms with Crippen LogP contribution in [0.1, 0.15) is 32.3 Å². The van der Waals surface area contributed by atoms with E-state index in [0.29, 0.717) is 17.0 Å². The molecule has 1 aromatic carbocycles. The average molecular weight is 265 g/mol. The molecule has 1 rings (SSSR count). The molecule has 0 aliphatic heterocycles. The monoisotopic (exact) mass is 265 g/mol. The van der Waals surface area contributed by atoms with Gasteiger partial charge in [0.05, 0.1) is 13.0 Å². The molecule has 0 aromatic heterocycles. The van der Waals surface area contributed by atoms with E-state index in [2.05, 4.69) is 5.32 Å². The fourth-order valence-electron chi connectivity index (χ4n) is 2.04. The van der Waals surface area contributed by atoms with E-state index in [0.717, 1.165) is 0 Å². The van der Waals surface area contributed by atoms with Gasteiger partial charge in [-0.25, -0.2) is 0 Å². The largest absolute Gasteiger partial charge is 0.496 e. The number of amides is 1. The first-order valence-electron chi connectivity index (χ1n) is 6.05. The molecule has 2 N–H and O–H groups in total. The van der Waals surface area contributed by atoms with E-state index in [-0.39, 0.29) is 11.8 Å². The Bertz CT molecular complexity index is 482. The number of carbonyl (C=O) groups excluding carboxylic acids is 1. The highest BCUT2D eigenvalue weighted by Gasteiger charge is 2.27. The van der Waals surface area contributed by atoms with E-state index in [4.69, 9.17) is 4.74 Å². The number of rotatable bonds is 5. The van der Waals surface area contributed by atoms with E-state index < -0.39 is 11.9 Å². The van der Waals surface area contributed by atoms with Gasteiger partial charge in [0.1, 0.15) is 5.75 Å². The summed E-state index contributed by atoms with van der Waals surface area (Å²) in [5, 5.41) is 12.0. The summed E-state index contributed by atoms with van der Waals surface area (Å²) in [6, 6.07) is 5.00. The molecule has 5 nitrogen and oxygen atoms in total. The summed E-state index contributed by atoms with van der Waals surface area (Å²) in [4.78, 5) is 22.5. The Morgan fingerprint density at radius 1 is 1.32 bits per heavy atom. The maximum absolute atomic E-state index is 11.4. The molecule has 1 atom stereocenters. The molecule has 1 amide bonds. The highest BCUT2D eigenvalue weighted by atomic mass is 16.5. The van der Waals surface area contributed by atoms with E-state index in [9.17, 15) is 14.7 Å². The fraction of sp³-hybridized carbons (Fsp3) is 0.429. The number of carbonyl (C=O) groups is 2. The summed E-state index contributed by atoms with van der Waals surface area (Å²) in [5.41, 5.74) is 1.13. The van der Waals surface area contributed by atoms with Gasteiger partial charge in [-0.2, -0.15) is 0 Å². The van der Waals surface area contributed by atoms with Crippen molar-refractivity contribution in [3.05, 3.63) is 23.8 Å². The van der Waals surface area contributed by atoms with Crippen LogP contribution < -0.4 is 10.1 Å². The van der Waals surface area contributed by atoms with Crippen molar-refractivity contribution >= 4 is 17.6 Å². The molecule has 0 aliphatic carbocycles. The van der Waals surface area contributed by atoms with Gasteiger partial charge in [-0.05, 0) is 24.1 Å². The number of hydrogen-bond acceptors (Lipinski definition) is 3. The highest BCUT2D eigenvalue weighted by molar-refractivity contribution is 5.89. The van der Waals surface area contributed by atoms with Crippen molar-refractivity contribution in [3.63, 3.8) is 0 Å². The molecule has 5 heteroatoms. The SMILES string of the molecule is COc1ccc(NC(C)=O)cc1C(C(=O)O)C(C)C. The van der Waals surface area contributed by atoms with E-state index >= 15 is 0 Å². The lowest BCUT2D eigenvalue weighted by Crippen LogP contribution is -2.18. The van der Waals surface area contributed by atoms with Crippen LogP contribution >= 0.6 is 0 Å². The van der Waals surface area contributed by atoms with Crippen LogP contribution in [0.15, 0.2) is 18.2 Å². The van der Waals surface area contributed by atoms with E-state index in [1.807, 2.05) is 13.8 Å². The fourth-order valence-corrected chi connectivity index (χ4v) is 2.04. The van der Waals surface area contributed by atoms with Gasteiger partial charge in [-0.1, -0.05) is 13.8 Å². The van der Waals surface area contributed by atoms with Gasteiger partial charge in [-0.15, -0.1) is 0 Å². The second kappa shape index (κ2) is 6.22. The molecule has 0 spiro atoms. The zero-order chi connectivity index (χ0) is 14.6. The Labute approximate surface area is 112 Å². The number of benzene rings is 1. The summed E-state index contributed by atoms with van der Waals surface area (Å²) >= 11 is 0. The third kappa shape index (κ3) is 3.71. The van der Waals surface area contributed by atoms with Crippen LogP contribution in [0, 0.1) is 5.92 Å². The Hall–Kier alpha value is -2.04. The second-order valence-electron chi connectivity index (χ2n) is 4.70. The second-order valence-corrected chi connectivity index (χ2v) is 4.70. The van der Waals surface area contributed by atoms with Crippen molar-refractivity contribution in [2.45, 2.75) is 26.7 Å². The van der Waals surface area contributed by atoms with Crippen molar-refractivity contribution in [2.24, 2.45) is 5.92 Å². The number of ether oxygens (including phenoxy) is 1. The summed E-state index contributed by atoms with van der Waals surface area (Å²) < 4.78 is 5.21. The van der Waals surface area contributed by atoms with Crippen molar-refractivity contribution in [1.82, 2.24) is 0 Å². The first kappa shape index (κ1) is 15.0. The first-order chi connectivity index (χ1) is 8.86. The standard InChI is InChI=1S/C14H19NO4/c1-8(2)13(14(17)18)11-7-10(15-9(3)16)5-6-12(11)19-4/h5-8,13H,1-4H3,(H,15,16)(H,17,18). The third-order valence-electron chi connectivity index (χ3n) is 2.82. The molecule has 1 aromatic rings. The number of aliphatic carboxylic acids is 1. The molecule has 0 radical (unpaired) electrons. The molecule has 104 valence electrons. The van der Waals surface area contributed by atoms with Crippen molar-refractivity contribution in [1.29, 1.82) is 0 Å². The number of anilines is 1. The quantitative estimate of drug-likeness (QED) is 0.857. The molecule has 0 bridgehead atoms. The molecule has 1 unspecified atom stereocenters. The normalized spacial score (nSPS) is 12.1. The predicted octanol–water partition coefficient (Wildman–Crippen LogP) is 2.48. The summed E-state index contributed by atoms with van der Waals surface area (Å²) in [7, 11) is 1.50. The molecule has 0 saturated heterocycles. The Morgan fingerprint density at radius 3 is 2.37 bits per heavy atom. The first-order valence-corrected chi connectivity index (χ1v) is 6.05. The maximum atomic E-state index is 11.4. The average Bonchev–Trinajstić information content (AvgIpc) is 2.27. The van der Waals surface area contributed by atoms with Crippen LogP contribution in [0.5, 0.6) is 5.75 Å². The Kier molecular flexibility index (Phi) is 4.92. The molecule has 0 fully saturated rings. The summed E-state index contributed by atoms with van der Waals surface area (Å²) in [5.74, 6) is -1.36. The number of carboxylic acid groups (broad SMARTS) is 1. The molecule has 0 aliphatic rings. The summed E-state index contributed by atoms with van der Waals surface area (Å²) in [6.45, 7) is 5.08. The van der Waals surface area contributed by atoms with Crippen LogP contribution in [0.25, 0.3) is 0 Å². The van der Waals surface area contributed by atoms with Crippen LogP contribution in [0.4, 0.5) is 5.69 Å². The van der Waals surface area contributed by atoms with Crippen LogP contribution in [0.3, 0.4) is 0 Å². The lowest BCUT2D eigenvalue weighted by molar-refractivity contribution is -0.139. The third-order valence-corrected chi connectivity index (χ3v) is 2.82. The minimum atomic E-state index is -0.909. The topological polar surface area (TPSA) is 75.6 Å².